The van der Waals surface area contributed by atoms with Gasteiger partial charge in [-0.15, -0.1) is 0 Å². The molecule has 1 aromatic heterocycles. The molecule has 0 atom stereocenters. The lowest BCUT2D eigenvalue weighted by atomic mass is 10.0. The van der Waals surface area contributed by atoms with Crippen LogP contribution in [0.15, 0.2) is 41.5 Å². The van der Waals surface area contributed by atoms with E-state index in [0.29, 0.717) is 24.3 Å². The zero-order chi connectivity index (χ0) is 20.1. The first-order valence-corrected chi connectivity index (χ1v) is 9.01. The molecule has 2 heterocycles. The summed E-state index contributed by atoms with van der Waals surface area (Å²) in [5.74, 6) is -0.364. The highest BCUT2D eigenvalue weighted by molar-refractivity contribution is 6.30. The molecular weight excluding hydrogens is 386 g/mol. The number of carbonyl (C=O) groups is 1. The number of hydrogen-bond donors (Lipinski definition) is 1. The van der Waals surface area contributed by atoms with Gasteiger partial charge >= 0.3 is 5.97 Å². The minimum Gasteiger partial charge on any atom is -0.462 e. The fraction of sp³-hybridized carbons (Fsp3) is 0.278. The number of hydrazone groups is 1. The fourth-order valence-corrected chi connectivity index (χ4v) is 3.08. The SMILES string of the molecule is CCOC(=O)c1cc(CN2CCN/C2=N\[N+](=O)[O-])c(Cl)nc1-c1ccccc1. The quantitative estimate of drug-likeness (QED) is 0.341. The molecule has 1 fully saturated rings. The molecule has 1 aliphatic heterocycles. The first-order valence-electron chi connectivity index (χ1n) is 8.63. The highest BCUT2D eigenvalue weighted by Gasteiger charge is 2.25. The van der Waals surface area contributed by atoms with Gasteiger partial charge in [-0.2, -0.15) is 0 Å². The number of nitro groups is 1. The van der Waals surface area contributed by atoms with Crippen molar-refractivity contribution in [2.75, 3.05) is 19.7 Å². The Hall–Kier alpha value is -3.20. The standard InChI is InChI=1S/C18H18ClN5O4/c1-2-28-17(25)14-10-13(11-23-9-8-20-18(23)22-24(26)27)16(19)21-15(14)12-6-4-3-5-7-12/h3-7,10H,2,8-9,11H2,1H3,(H,20,22). The van der Waals surface area contributed by atoms with Gasteiger partial charge in [0.25, 0.3) is 5.96 Å². The molecular formula is C18H18ClN5O4. The molecule has 1 aromatic carbocycles. The largest absolute Gasteiger partial charge is 0.462 e. The van der Waals surface area contributed by atoms with Gasteiger partial charge in [0.05, 0.1) is 17.9 Å². The Bertz CT molecular complexity index is 920. The van der Waals surface area contributed by atoms with Crippen LogP contribution in [0.3, 0.4) is 0 Å². The van der Waals surface area contributed by atoms with Crippen molar-refractivity contribution in [3.05, 3.63) is 62.8 Å². The molecule has 0 radical (unpaired) electrons. The van der Waals surface area contributed by atoms with E-state index in [4.69, 9.17) is 16.3 Å². The van der Waals surface area contributed by atoms with Gasteiger partial charge in [-0.1, -0.05) is 41.9 Å². The predicted molar refractivity (Wildman–Crippen MR) is 103 cm³/mol. The van der Waals surface area contributed by atoms with Crippen LogP contribution in [-0.4, -0.2) is 46.5 Å². The van der Waals surface area contributed by atoms with Crippen LogP contribution in [0.2, 0.25) is 5.15 Å². The normalized spacial score (nSPS) is 14.8. The van der Waals surface area contributed by atoms with Crippen LogP contribution >= 0.6 is 11.6 Å². The van der Waals surface area contributed by atoms with Crippen molar-refractivity contribution in [3.63, 3.8) is 0 Å². The summed E-state index contributed by atoms with van der Waals surface area (Å²) >= 11 is 6.38. The maximum Gasteiger partial charge on any atom is 0.340 e. The van der Waals surface area contributed by atoms with E-state index in [0.717, 1.165) is 5.56 Å². The number of nitrogens with zero attached hydrogens (tertiary/aromatic N) is 4. The molecule has 3 rings (SSSR count). The molecule has 1 aliphatic rings. The molecule has 0 unspecified atom stereocenters. The second kappa shape index (κ2) is 8.66. The van der Waals surface area contributed by atoms with Crippen LogP contribution in [-0.2, 0) is 11.3 Å². The summed E-state index contributed by atoms with van der Waals surface area (Å²) in [6.07, 6.45) is 0. The van der Waals surface area contributed by atoms with Crippen molar-refractivity contribution in [2.45, 2.75) is 13.5 Å². The Balaban J connectivity index is 2.00. The summed E-state index contributed by atoms with van der Waals surface area (Å²) < 4.78 is 5.17. The Morgan fingerprint density at radius 1 is 1.43 bits per heavy atom. The number of hydrogen-bond acceptors (Lipinski definition) is 5. The maximum absolute atomic E-state index is 12.5. The van der Waals surface area contributed by atoms with Crippen molar-refractivity contribution in [2.24, 2.45) is 5.10 Å². The van der Waals surface area contributed by atoms with Crippen LogP contribution < -0.4 is 5.32 Å². The molecule has 146 valence electrons. The second-order valence-corrected chi connectivity index (χ2v) is 6.29. The van der Waals surface area contributed by atoms with Gasteiger partial charge in [-0.05, 0) is 13.0 Å². The van der Waals surface area contributed by atoms with E-state index in [9.17, 15) is 14.9 Å². The van der Waals surface area contributed by atoms with Crippen LogP contribution in [0.4, 0.5) is 0 Å². The Morgan fingerprint density at radius 3 is 2.86 bits per heavy atom. The molecule has 9 nitrogen and oxygen atoms in total. The molecule has 0 aliphatic carbocycles. The average molecular weight is 404 g/mol. The van der Waals surface area contributed by atoms with Gasteiger partial charge in [0, 0.05) is 30.8 Å². The fourth-order valence-electron chi connectivity index (χ4n) is 2.88. The number of rotatable bonds is 6. The van der Waals surface area contributed by atoms with E-state index in [2.05, 4.69) is 15.4 Å². The van der Waals surface area contributed by atoms with Gasteiger partial charge in [-0.3, -0.25) is 0 Å². The number of carbonyl (C=O) groups excluding carboxylic acids is 1. The third kappa shape index (κ3) is 4.37. The number of nitrogens with one attached hydrogen (secondary N) is 1. The highest BCUT2D eigenvalue weighted by Crippen LogP contribution is 2.28. The summed E-state index contributed by atoms with van der Waals surface area (Å²) in [6, 6.07) is 10.8. The minimum atomic E-state index is -0.761. The van der Waals surface area contributed by atoms with Crippen LogP contribution in [0.25, 0.3) is 11.3 Å². The summed E-state index contributed by atoms with van der Waals surface area (Å²) in [7, 11) is 0. The lowest BCUT2D eigenvalue weighted by molar-refractivity contribution is -0.485. The summed E-state index contributed by atoms with van der Waals surface area (Å²) in [6.45, 7) is 3.19. The van der Waals surface area contributed by atoms with E-state index in [1.807, 2.05) is 30.3 Å². The molecule has 2 aromatic rings. The number of ether oxygens (including phenoxy) is 1. The Labute approximate surface area is 166 Å². The first-order chi connectivity index (χ1) is 13.5. The number of esters is 1. The maximum atomic E-state index is 12.5. The third-order valence-corrected chi connectivity index (χ3v) is 4.42. The molecule has 1 N–H and O–H groups in total. The van der Waals surface area contributed by atoms with E-state index >= 15 is 0 Å². The second-order valence-electron chi connectivity index (χ2n) is 5.93. The lowest BCUT2D eigenvalue weighted by Gasteiger charge is -2.18. The minimum absolute atomic E-state index is 0.144. The highest BCUT2D eigenvalue weighted by atomic mass is 35.5. The molecule has 1 saturated heterocycles. The van der Waals surface area contributed by atoms with Gasteiger partial charge in [0.2, 0.25) is 0 Å². The number of benzene rings is 1. The number of halogens is 1. The number of guanidine groups is 1. The summed E-state index contributed by atoms with van der Waals surface area (Å²) in [5.41, 5.74) is 1.99. The topological polar surface area (TPSA) is 110 Å². The molecule has 0 bridgehead atoms. The van der Waals surface area contributed by atoms with Gasteiger partial charge in [0.15, 0.2) is 5.03 Å². The lowest BCUT2D eigenvalue weighted by Crippen LogP contribution is -2.31. The molecule has 10 heteroatoms. The molecule has 0 amide bonds. The smallest absolute Gasteiger partial charge is 0.340 e. The molecule has 28 heavy (non-hydrogen) atoms. The Morgan fingerprint density at radius 2 is 2.18 bits per heavy atom. The number of pyridine rings is 1. The van der Waals surface area contributed by atoms with Crippen LogP contribution in [0.1, 0.15) is 22.8 Å². The average Bonchev–Trinajstić information content (AvgIpc) is 3.10. The van der Waals surface area contributed by atoms with E-state index in [-0.39, 0.29) is 29.8 Å². The van der Waals surface area contributed by atoms with Crippen molar-refractivity contribution in [3.8, 4) is 11.3 Å². The van der Waals surface area contributed by atoms with Gasteiger partial charge < -0.3 is 15.0 Å². The monoisotopic (exact) mass is 403 g/mol. The zero-order valence-corrected chi connectivity index (χ0v) is 15.8. The predicted octanol–water partition coefficient (Wildman–Crippen LogP) is 2.53. The third-order valence-electron chi connectivity index (χ3n) is 4.09. The van der Waals surface area contributed by atoms with E-state index in [1.54, 1.807) is 17.9 Å². The summed E-state index contributed by atoms with van der Waals surface area (Å²) in [4.78, 5) is 29.3. The molecule has 0 spiro atoms. The first kappa shape index (κ1) is 19.6. The Kier molecular flexibility index (Phi) is 6.05. The zero-order valence-electron chi connectivity index (χ0n) is 15.1. The van der Waals surface area contributed by atoms with Gasteiger partial charge in [-0.25, -0.2) is 19.9 Å². The van der Waals surface area contributed by atoms with Gasteiger partial charge in [0.1, 0.15) is 10.3 Å². The molecule has 0 saturated carbocycles. The van der Waals surface area contributed by atoms with Crippen molar-refractivity contribution >= 4 is 23.5 Å². The van der Waals surface area contributed by atoms with Crippen molar-refractivity contribution in [1.29, 1.82) is 0 Å². The summed E-state index contributed by atoms with van der Waals surface area (Å²) in [5, 5.41) is 16.3. The van der Waals surface area contributed by atoms with Crippen LogP contribution in [0, 0.1) is 10.1 Å². The number of aromatic nitrogens is 1. The van der Waals surface area contributed by atoms with Crippen molar-refractivity contribution in [1.82, 2.24) is 15.2 Å². The van der Waals surface area contributed by atoms with E-state index in [1.165, 1.54) is 0 Å². The van der Waals surface area contributed by atoms with Crippen LogP contribution in [0.5, 0.6) is 0 Å². The van der Waals surface area contributed by atoms with Crippen molar-refractivity contribution < 1.29 is 14.6 Å². The van der Waals surface area contributed by atoms with E-state index < -0.39 is 11.0 Å².